The summed E-state index contributed by atoms with van der Waals surface area (Å²) in [4.78, 5) is 11.8. The van der Waals surface area contributed by atoms with Crippen molar-refractivity contribution in [3.05, 3.63) is 35.4 Å². The predicted octanol–water partition coefficient (Wildman–Crippen LogP) is 2.53. The van der Waals surface area contributed by atoms with Gasteiger partial charge in [0.25, 0.3) is 0 Å². The van der Waals surface area contributed by atoms with Crippen LogP contribution in [0.2, 0.25) is 0 Å². The lowest BCUT2D eigenvalue weighted by molar-refractivity contribution is -0.137. The fourth-order valence-corrected chi connectivity index (χ4v) is 2.90. The van der Waals surface area contributed by atoms with Gasteiger partial charge in [-0.2, -0.15) is 13.2 Å². The van der Waals surface area contributed by atoms with Crippen LogP contribution in [-0.4, -0.2) is 24.8 Å². The molecule has 0 aliphatic carbocycles. The molecule has 0 saturated heterocycles. The first-order chi connectivity index (χ1) is 9.96. The average Bonchev–Trinajstić information content (AvgIpc) is 2.43. The van der Waals surface area contributed by atoms with Gasteiger partial charge in [-0.3, -0.25) is 4.79 Å². The number of nitrogens with one attached hydrogen (secondary N) is 1. The summed E-state index contributed by atoms with van der Waals surface area (Å²) in [7, 11) is -3.57. The Morgan fingerprint density at radius 3 is 2.05 bits per heavy atom. The maximum Gasteiger partial charge on any atom is 0.416 e. The molecule has 0 aliphatic rings. The fraction of sp³-hybridized carbons (Fsp3) is 0.500. The largest absolute Gasteiger partial charge is 0.416 e. The quantitative estimate of drug-likeness (QED) is 0.898. The lowest BCUT2D eigenvalue weighted by Gasteiger charge is -2.15. The number of rotatable bonds is 5. The van der Waals surface area contributed by atoms with Crippen LogP contribution in [0.5, 0.6) is 0 Å². The van der Waals surface area contributed by atoms with Crippen LogP contribution in [-0.2, 0) is 27.4 Å². The number of hydrogen-bond donors (Lipinski definition) is 1. The van der Waals surface area contributed by atoms with Crippen molar-refractivity contribution in [2.45, 2.75) is 44.0 Å². The summed E-state index contributed by atoms with van der Waals surface area (Å²) in [6.07, 6.45) is -4.42. The Bertz CT molecular complexity index is 622. The molecule has 0 heterocycles. The summed E-state index contributed by atoms with van der Waals surface area (Å²) >= 11 is 0. The molecule has 0 spiro atoms. The second-order valence-electron chi connectivity index (χ2n) is 5.19. The summed E-state index contributed by atoms with van der Waals surface area (Å²) < 4.78 is 60.9. The third kappa shape index (κ3) is 4.46. The van der Waals surface area contributed by atoms with Crippen LogP contribution >= 0.6 is 0 Å². The Labute approximate surface area is 127 Å². The first-order valence-electron chi connectivity index (χ1n) is 6.63. The normalized spacial score (nSPS) is 14.0. The molecule has 0 fully saturated rings. The van der Waals surface area contributed by atoms with Crippen molar-refractivity contribution in [1.29, 1.82) is 0 Å². The van der Waals surface area contributed by atoms with Crippen LogP contribution < -0.4 is 5.32 Å². The van der Waals surface area contributed by atoms with E-state index in [9.17, 15) is 26.4 Å². The van der Waals surface area contributed by atoms with Crippen LogP contribution in [0.4, 0.5) is 13.2 Å². The van der Waals surface area contributed by atoms with Crippen molar-refractivity contribution < 1.29 is 26.4 Å². The first kappa shape index (κ1) is 18.5. The lowest BCUT2D eigenvalue weighted by Crippen LogP contribution is -2.40. The molecule has 0 aromatic heterocycles. The van der Waals surface area contributed by atoms with Gasteiger partial charge in [-0.15, -0.1) is 0 Å². The third-order valence-corrected chi connectivity index (χ3v) is 5.78. The van der Waals surface area contributed by atoms with Gasteiger partial charge in [-0.1, -0.05) is 12.1 Å². The van der Waals surface area contributed by atoms with E-state index in [0.717, 1.165) is 12.1 Å². The van der Waals surface area contributed by atoms with Gasteiger partial charge in [0.1, 0.15) is 5.25 Å². The van der Waals surface area contributed by atoms with E-state index in [1.807, 2.05) is 0 Å². The number of sulfone groups is 1. The zero-order chi connectivity index (χ0) is 17.1. The average molecular weight is 337 g/mol. The molecule has 1 N–H and O–H groups in total. The number of amides is 1. The minimum Gasteiger partial charge on any atom is -0.351 e. The van der Waals surface area contributed by atoms with E-state index in [2.05, 4.69) is 5.32 Å². The summed E-state index contributed by atoms with van der Waals surface area (Å²) in [6.45, 7) is 4.22. The van der Waals surface area contributed by atoms with Gasteiger partial charge in [0.05, 0.1) is 10.8 Å². The Balaban J connectivity index is 2.69. The van der Waals surface area contributed by atoms with E-state index in [-0.39, 0.29) is 6.54 Å². The third-order valence-electron chi connectivity index (χ3n) is 3.27. The number of halogens is 3. The summed E-state index contributed by atoms with van der Waals surface area (Å²) in [6, 6.07) is 4.31. The monoisotopic (exact) mass is 337 g/mol. The molecule has 4 nitrogen and oxygen atoms in total. The van der Waals surface area contributed by atoms with Gasteiger partial charge in [0.2, 0.25) is 5.91 Å². The Morgan fingerprint density at radius 2 is 1.64 bits per heavy atom. The van der Waals surface area contributed by atoms with Crippen LogP contribution in [0.15, 0.2) is 24.3 Å². The second-order valence-corrected chi connectivity index (χ2v) is 8.02. The molecule has 0 aliphatic heterocycles. The van der Waals surface area contributed by atoms with E-state index >= 15 is 0 Å². The fourth-order valence-electron chi connectivity index (χ4n) is 1.70. The number of alkyl halides is 3. The van der Waals surface area contributed by atoms with Crippen molar-refractivity contribution in [3.8, 4) is 0 Å². The van der Waals surface area contributed by atoms with E-state index in [1.165, 1.54) is 32.9 Å². The minimum atomic E-state index is -4.42. The zero-order valence-electron chi connectivity index (χ0n) is 12.4. The highest BCUT2D eigenvalue weighted by Gasteiger charge is 2.31. The molecule has 1 unspecified atom stereocenters. The Morgan fingerprint density at radius 1 is 1.14 bits per heavy atom. The van der Waals surface area contributed by atoms with Gasteiger partial charge < -0.3 is 5.32 Å². The van der Waals surface area contributed by atoms with Gasteiger partial charge in [0.15, 0.2) is 9.84 Å². The van der Waals surface area contributed by atoms with E-state index in [0.29, 0.717) is 5.56 Å². The van der Waals surface area contributed by atoms with Crippen LogP contribution in [0.1, 0.15) is 31.9 Å². The summed E-state index contributed by atoms with van der Waals surface area (Å²) in [5, 5.41) is 0.531. The smallest absolute Gasteiger partial charge is 0.351 e. The molecule has 0 radical (unpaired) electrons. The van der Waals surface area contributed by atoms with E-state index < -0.39 is 38.0 Å². The molecular formula is C14H18F3NO3S. The van der Waals surface area contributed by atoms with Crippen molar-refractivity contribution in [2.24, 2.45) is 0 Å². The molecule has 8 heteroatoms. The number of carbonyl (C=O) groups is 1. The van der Waals surface area contributed by atoms with Crippen LogP contribution in [0.25, 0.3) is 0 Å². The molecule has 0 bridgehead atoms. The molecule has 0 saturated carbocycles. The Hall–Kier alpha value is -1.57. The maximum atomic E-state index is 12.4. The molecule has 22 heavy (non-hydrogen) atoms. The lowest BCUT2D eigenvalue weighted by atomic mass is 10.1. The van der Waals surface area contributed by atoms with Gasteiger partial charge in [-0.05, 0) is 38.5 Å². The number of benzene rings is 1. The highest BCUT2D eigenvalue weighted by atomic mass is 32.2. The second kappa shape index (κ2) is 6.68. The summed E-state index contributed by atoms with van der Waals surface area (Å²) in [5.41, 5.74) is -0.325. The number of hydrogen-bond acceptors (Lipinski definition) is 3. The minimum absolute atomic E-state index is 0.0328. The molecule has 1 rings (SSSR count). The predicted molar refractivity (Wildman–Crippen MR) is 76.8 cm³/mol. The zero-order valence-corrected chi connectivity index (χ0v) is 13.3. The molecule has 1 aromatic rings. The summed E-state index contributed by atoms with van der Waals surface area (Å²) in [5.74, 6) is -0.673. The van der Waals surface area contributed by atoms with Crippen molar-refractivity contribution in [2.75, 3.05) is 0 Å². The highest BCUT2D eigenvalue weighted by molar-refractivity contribution is 7.93. The molecule has 124 valence electrons. The molecule has 1 atom stereocenters. The molecule has 1 aromatic carbocycles. The maximum absolute atomic E-state index is 12.4. The van der Waals surface area contributed by atoms with Gasteiger partial charge in [-0.25, -0.2) is 8.42 Å². The topological polar surface area (TPSA) is 63.2 Å². The molecular weight excluding hydrogens is 319 g/mol. The van der Waals surface area contributed by atoms with Gasteiger partial charge in [0, 0.05) is 6.54 Å². The standard InChI is InChI=1S/C14H18F3NO3S/c1-9(2)22(20,21)10(3)13(19)18-8-11-4-6-12(7-5-11)14(15,16)17/h4-7,9-10H,8H2,1-3H3,(H,18,19). The SMILES string of the molecule is CC(C)S(=O)(=O)C(C)C(=O)NCc1ccc(C(F)(F)F)cc1. The number of carbonyl (C=O) groups excluding carboxylic acids is 1. The highest BCUT2D eigenvalue weighted by Crippen LogP contribution is 2.29. The Kier molecular flexibility index (Phi) is 5.61. The van der Waals surface area contributed by atoms with Crippen LogP contribution in [0, 0.1) is 0 Å². The molecule has 1 amide bonds. The van der Waals surface area contributed by atoms with Crippen molar-refractivity contribution >= 4 is 15.7 Å². The van der Waals surface area contributed by atoms with Crippen LogP contribution in [0.3, 0.4) is 0 Å². The first-order valence-corrected chi connectivity index (χ1v) is 8.23. The van der Waals surface area contributed by atoms with Crippen molar-refractivity contribution in [3.63, 3.8) is 0 Å². The van der Waals surface area contributed by atoms with E-state index in [4.69, 9.17) is 0 Å². The van der Waals surface area contributed by atoms with Crippen molar-refractivity contribution in [1.82, 2.24) is 5.32 Å². The van der Waals surface area contributed by atoms with E-state index in [1.54, 1.807) is 0 Å². The van der Waals surface area contributed by atoms with Gasteiger partial charge >= 0.3 is 6.18 Å².